The summed E-state index contributed by atoms with van der Waals surface area (Å²) in [5, 5.41) is 15.3. The van der Waals surface area contributed by atoms with E-state index in [1.54, 1.807) is 19.2 Å². The number of aryl methyl sites for hydroxylation is 1. The second-order valence-electron chi connectivity index (χ2n) is 3.47. The van der Waals surface area contributed by atoms with Gasteiger partial charge in [0.25, 0.3) is 5.69 Å². The van der Waals surface area contributed by atoms with Crippen LogP contribution in [-0.2, 0) is 7.05 Å². The molecule has 2 N–H and O–H groups in total. The van der Waals surface area contributed by atoms with Crippen LogP contribution in [0.4, 0.5) is 11.5 Å². The van der Waals surface area contributed by atoms with E-state index in [9.17, 15) is 10.1 Å². The number of rotatable bonds is 2. The maximum absolute atomic E-state index is 10.9. The zero-order valence-electron chi connectivity index (χ0n) is 8.92. The number of nitro groups is 1. The van der Waals surface area contributed by atoms with Gasteiger partial charge >= 0.3 is 0 Å². The van der Waals surface area contributed by atoms with E-state index in [0.29, 0.717) is 11.5 Å². The van der Waals surface area contributed by atoms with Crippen LogP contribution in [0.2, 0.25) is 5.02 Å². The van der Waals surface area contributed by atoms with Crippen LogP contribution in [0.5, 0.6) is 0 Å². The van der Waals surface area contributed by atoms with Gasteiger partial charge in [-0.1, -0.05) is 17.7 Å². The molecule has 0 aliphatic carbocycles. The van der Waals surface area contributed by atoms with Gasteiger partial charge in [-0.2, -0.15) is 5.10 Å². The van der Waals surface area contributed by atoms with E-state index < -0.39 is 4.92 Å². The Morgan fingerprint density at radius 2 is 2.24 bits per heavy atom. The van der Waals surface area contributed by atoms with E-state index in [4.69, 9.17) is 17.3 Å². The van der Waals surface area contributed by atoms with Crippen LogP contribution >= 0.6 is 11.6 Å². The molecule has 0 amide bonds. The van der Waals surface area contributed by atoms with Crippen LogP contribution in [0.3, 0.4) is 0 Å². The minimum Gasteiger partial charge on any atom is -0.384 e. The van der Waals surface area contributed by atoms with Gasteiger partial charge < -0.3 is 5.73 Å². The lowest BCUT2D eigenvalue weighted by Crippen LogP contribution is -1.97. The monoisotopic (exact) mass is 252 g/mol. The molecule has 0 bridgehead atoms. The summed E-state index contributed by atoms with van der Waals surface area (Å²) in [6.07, 6.45) is 0. The Hall–Kier alpha value is -2.08. The van der Waals surface area contributed by atoms with E-state index in [1.807, 2.05) is 0 Å². The van der Waals surface area contributed by atoms with Crippen LogP contribution in [-0.4, -0.2) is 14.7 Å². The normalized spacial score (nSPS) is 10.5. The van der Waals surface area contributed by atoms with E-state index in [0.717, 1.165) is 0 Å². The number of nitrogens with zero attached hydrogens (tertiary/aromatic N) is 3. The molecule has 0 radical (unpaired) electrons. The Morgan fingerprint density at radius 1 is 1.53 bits per heavy atom. The first-order chi connectivity index (χ1) is 8.00. The van der Waals surface area contributed by atoms with Crippen molar-refractivity contribution >= 4 is 23.1 Å². The molecule has 0 fully saturated rings. The topological polar surface area (TPSA) is 87.0 Å². The molecule has 17 heavy (non-hydrogen) atoms. The molecule has 0 aliphatic heterocycles. The number of hydrogen-bond donors (Lipinski definition) is 1. The number of nitrogen functional groups attached to an aromatic ring is 1. The molecule has 0 saturated carbocycles. The van der Waals surface area contributed by atoms with Gasteiger partial charge in [0.2, 0.25) is 0 Å². The summed E-state index contributed by atoms with van der Waals surface area (Å²) in [5.41, 5.74) is 6.23. The predicted octanol–water partition coefficient (Wildman–Crippen LogP) is 2.23. The van der Waals surface area contributed by atoms with Crippen LogP contribution in [0.25, 0.3) is 11.3 Å². The standard InChI is InChI=1S/C10H9ClN4O2/c1-14-9(12)5-7(13-14)10-6(11)3-2-4-8(10)15(16)17/h2-5H,12H2,1H3. The Morgan fingerprint density at radius 3 is 2.76 bits per heavy atom. The van der Waals surface area contributed by atoms with Crippen molar-refractivity contribution in [2.45, 2.75) is 0 Å². The predicted molar refractivity (Wildman–Crippen MR) is 64.7 cm³/mol. The zero-order chi connectivity index (χ0) is 12.6. The maximum atomic E-state index is 10.9. The van der Waals surface area contributed by atoms with Crippen LogP contribution in [0.15, 0.2) is 24.3 Å². The SMILES string of the molecule is Cn1nc(-c2c(Cl)cccc2[N+](=O)[O-])cc1N. The molecular formula is C10H9ClN4O2. The Kier molecular flexibility index (Phi) is 2.72. The van der Waals surface area contributed by atoms with E-state index >= 15 is 0 Å². The molecule has 0 spiro atoms. The fourth-order valence-electron chi connectivity index (χ4n) is 1.52. The average Bonchev–Trinajstić information content (AvgIpc) is 2.58. The lowest BCUT2D eigenvalue weighted by molar-refractivity contribution is -0.384. The summed E-state index contributed by atoms with van der Waals surface area (Å²) < 4.78 is 1.43. The van der Waals surface area contributed by atoms with Crippen molar-refractivity contribution in [2.75, 3.05) is 5.73 Å². The van der Waals surface area contributed by atoms with Crippen molar-refractivity contribution in [3.8, 4) is 11.3 Å². The lowest BCUT2D eigenvalue weighted by Gasteiger charge is -2.01. The van der Waals surface area contributed by atoms with Crippen molar-refractivity contribution in [3.63, 3.8) is 0 Å². The van der Waals surface area contributed by atoms with Crippen LogP contribution in [0.1, 0.15) is 0 Å². The first-order valence-corrected chi connectivity index (χ1v) is 5.11. The highest BCUT2D eigenvalue weighted by atomic mass is 35.5. The van der Waals surface area contributed by atoms with Crippen LogP contribution in [0, 0.1) is 10.1 Å². The summed E-state index contributed by atoms with van der Waals surface area (Å²) in [6, 6.07) is 6.03. The highest BCUT2D eigenvalue weighted by molar-refractivity contribution is 6.33. The number of aromatic nitrogens is 2. The molecule has 2 aromatic rings. The zero-order valence-corrected chi connectivity index (χ0v) is 9.68. The fourth-order valence-corrected chi connectivity index (χ4v) is 1.79. The summed E-state index contributed by atoms with van der Waals surface area (Å²) in [6.45, 7) is 0. The molecule has 0 unspecified atom stereocenters. The van der Waals surface area contributed by atoms with E-state index in [1.165, 1.54) is 16.8 Å². The summed E-state index contributed by atoms with van der Waals surface area (Å²) >= 11 is 5.98. The Balaban J connectivity index is 2.69. The van der Waals surface area contributed by atoms with Gasteiger partial charge in [0.15, 0.2) is 0 Å². The van der Waals surface area contributed by atoms with E-state index in [-0.39, 0.29) is 16.3 Å². The second-order valence-corrected chi connectivity index (χ2v) is 3.88. The highest BCUT2D eigenvalue weighted by Crippen LogP contribution is 2.35. The molecule has 1 aromatic carbocycles. The molecule has 88 valence electrons. The van der Waals surface area contributed by atoms with E-state index in [2.05, 4.69) is 5.10 Å². The summed E-state index contributed by atoms with van der Waals surface area (Å²) in [7, 11) is 1.65. The number of benzene rings is 1. The Bertz CT molecular complexity index is 574. The number of anilines is 1. The number of nitrogens with two attached hydrogens (primary N) is 1. The van der Waals surface area contributed by atoms with Gasteiger partial charge in [-0.15, -0.1) is 0 Å². The molecular weight excluding hydrogens is 244 g/mol. The third kappa shape index (κ3) is 1.94. The van der Waals surface area contributed by atoms with Crippen molar-refractivity contribution < 1.29 is 4.92 Å². The molecule has 2 rings (SSSR count). The number of nitro benzene ring substituents is 1. The molecule has 0 aliphatic rings. The number of halogens is 1. The average molecular weight is 253 g/mol. The van der Waals surface area contributed by atoms with Crippen LogP contribution < -0.4 is 5.73 Å². The van der Waals surface area contributed by atoms with Gasteiger partial charge in [-0.25, -0.2) is 0 Å². The molecule has 1 heterocycles. The second kappa shape index (κ2) is 4.06. The molecule has 7 heteroatoms. The molecule has 0 atom stereocenters. The van der Waals surface area contributed by atoms with Crippen molar-refractivity contribution in [1.82, 2.24) is 9.78 Å². The fraction of sp³-hybridized carbons (Fsp3) is 0.100. The van der Waals surface area contributed by atoms with Gasteiger partial charge in [0.05, 0.1) is 15.5 Å². The van der Waals surface area contributed by atoms with Crippen molar-refractivity contribution in [2.24, 2.45) is 7.05 Å². The molecule has 1 aromatic heterocycles. The minimum atomic E-state index is -0.494. The molecule has 6 nitrogen and oxygen atoms in total. The first kappa shape index (κ1) is 11.4. The molecule has 0 saturated heterocycles. The van der Waals surface area contributed by atoms with Gasteiger partial charge in [-0.05, 0) is 6.07 Å². The van der Waals surface area contributed by atoms with Gasteiger partial charge in [-0.3, -0.25) is 14.8 Å². The largest absolute Gasteiger partial charge is 0.384 e. The smallest absolute Gasteiger partial charge is 0.280 e. The maximum Gasteiger partial charge on any atom is 0.280 e. The van der Waals surface area contributed by atoms with Gasteiger partial charge in [0, 0.05) is 19.2 Å². The number of hydrogen-bond acceptors (Lipinski definition) is 4. The summed E-state index contributed by atoms with van der Waals surface area (Å²) in [4.78, 5) is 10.4. The third-order valence-corrected chi connectivity index (χ3v) is 2.68. The van der Waals surface area contributed by atoms with Gasteiger partial charge in [0.1, 0.15) is 11.5 Å². The summed E-state index contributed by atoms with van der Waals surface area (Å²) in [5.74, 6) is 0.411. The quantitative estimate of drug-likeness (QED) is 0.656. The highest BCUT2D eigenvalue weighted by Gasteiger charge is 2.20. The van der Waals surface area contributed by atoms with Crippen molar-refractivity contribution in [3.05, 3.63) is 39.4 Å². The first-order valence-electron chi connectivity index (χ1n) is 4.73. The Labute approximate surface area is 102 Å². The third-order valence-electron chi connectivity index (χ3n) is 2.36. The van der Waals surface area contributed by atoms with Crippen molar-refractivity contribution in [1.29, 1.82) is 0 Å². The lowest BCUT2D eigenvalue weighted by atomic mass is 10.1. The minimum absolute atomic E-state index is 0.0874.